The SMILES string of the molecule is CC(C)C1(CNC(=O)C(C)(C)C(C)(C)N)CC1. The van der Waals surface area contributed by atoms with Crippen LogP contribution in [-0.4, -0.2) is 18.0 Å². The average molecular weight is 240 g/mol. The van der Waals surface area contributed by atoms with Crippen molar-refractivity contribution in [2.24, 2.45) is 22.5 Å². The number of rotatable bonds is 5. The van der Waals surface area contributed by atoms with Crippen LogP contribution in [0, 0.1) is 16.7 Å². The number of nitrogens with one attached hydrogen (secondary N) is 1. The van der Waals surface area contributed by atoms with Crippen molar-refractivity contribution in [1.29, 1.82) is 0 Å². The molecule has 17 heavy (non-hydrogen) atoms. The summed E-state index contributed by atoms with van der Waals surface area (Å²) in [4.78, 5) is 12.2. The van der Waals surface area contributed by atoms with Gasteiger partial charge in [-0.3, -0.25) is 4.79 Å². The first kappa shape index (κ1) is 14.5. The average Bonchev–Trinajstić information content (AvgIpc) is 2.93. The topological polar surface area (TPSA) is 55.1 Å². The smallest absolute Gasteiger partial charge is 0.227 e. The second kappa shape index (κ2) is 4.27. The van der Waals surface area contributed by atoms with Gasteiger partial charge in [-0.25, -0.2) is 0 Å². The van der Waals surface area contributed by atoms with Crippen molar-refractivity contribution in [3.8, 4) is 0 Å². The van der Waals surface area contributed by atoms with Gasteiger partial charge in [-0.2, -0.15) is 0 Å². The maximum Gasteiger partial charge on any atom is 0.227 e. The van der Waals surface area contributed by atoms with E-state index in [0.29, 0.717) is 11.3 Å². The first-order chi connectivity index (χ1) is 7.53. The Balaban J connectivity index is 2.57. The van der Waals surface area contributed by atoms with Crippen LogP contribution in [0.1, 0.15) is 54.4 Å². The van der Waals surface area contributed by atoms with Gasteiger partial charge < -0.3 is 11.1 Å². The molecule has 3 nitrogen and oxygen atoms in total. The van der Waals surface area contributed by atoms with Crippen LogP contribution in [0.5, 0.6) is 0 Å². The molecule has 0 atom stereocenters. The largest absolute Gasteiger partial charge is 0.355 e. The van der Waals surface area contributed by atoms with Crippen LogP contribution in [0.3, 0.4) is 0 Å². The standard InChI is InChI=1S/C14H28N2O/c1-10(2)14(7-8-14)9-16-11(17)12(3,4)13(5,6)15/h10H,7-9,15H2,1-6H3,(H,16,17). The summed E-state index contributed by atoms with van der Waals surface area (Å²) in [7, 11) is 0. The van der Waals surface area contributed by atoms with Crippen LogP contribution >= 0.6 is 0 Å². The Hall–Kier alpha value is -0.570. The molecule has 1 aliphatic carbocycles. The fourth-order valence-electron chi connectivity index (χ4n) is 1.89. The molecule has 1 aliphatic rings. The first-order valence-corrected chi connectivity index (χ1v) is 6.60. The van der Waals surface area contributed by atoms with E-state index in [0.717, 1.165) is 6.54 Å². The lowest BCUT2D eigenvalue weighted by molar-refractivity contribution is -0.132. The molecule has 0 radical (unpaired) electrons. The summed E-state index contributed by atoms with van der Waals surface area (Å²) >= 11 is 0. The van der Waals surface area contributed by atoms with Crippen molar-refractivity contribution in [3.05, 3.63) is 0 Å². The zero-order valence-electron chi connectivity index (χ0n) is 12.2. The molecule has 0 aromatic heterocycles. The van der Waals surface area contributed by atoms with Crippen molar-refractivity contribution in [2.75, 3.05) is 6.54 Å². The molecule has 0 aromatic carbocycles. The number of nitrogens with two attached hydrogens (primary N) is 1. The first-order valence-electron chi connectivity index (χ1n) is 6.60. The minimum Gasteiger partial charge on any atom is -0.355 e. The predicted octanol–water partition coefficient (Wildman–Crippen LogP) is 2.30. The third kappa shape index (κ3) is 2.82. The molecular weight excluding hydrogens is 212 g/mol. The van der Waals surface area contributed by atoms with E-state index in [1.54, 1.807) is 0 Å². The zero-order chi connectivity index (χ0) is 13.5. The van der Waals surface area contributed by atoms with Crippen molar-refractivity contribution in [3.63, 3.8) is 0 Å². The van der Waals surface area contributed by atoms with E-state index in [2.05, 4.69) is 19.2 Å². The van der Waals surface area contributed by atoms with E-state index in [1.807, 2.05) is 27.7 Å². The van der Waals surface area contributed by atoms with Crippen molar-refractivity contribution in [2.45, 2.75) is 59.9 Å². The molecule has 0 aliphatic heterocycles. The minimum absolute atomic E-state index is 0.0666. The fourth-order valence-corrected chi connectivity index (χ4v) is 1.89. The van der Waals surface area contributed by atoms with Crippen LogP contribution in [0.25, 0.3) is 0 Å². The highest BCUT2D eigenvalue weighted by atomic mass is 16.2. The summed E-state index contributed by atoms with van der Waals surface area (Å²) in [5.74, 6) is 0.703. The van der Waals surface area contributed by atoms with Crippen LogP contribution < -0.4 is 11.1 Å². The summed E-state index contributed by atoms with van der Waals surface area (Å²) < 4.78 is 0. The lowest BCUT2D eigenvalue weighted by Gasteiger charge is -2.37. The summed E-state index contributed by atoms with van der Waals surface area (Å²) in [6.07, 6.45) is 2.47. The second-order valence-electron chi connectivity index (χ2n) is 7.05. The molecule has 1 saturated carbocycles. The van der Waals surface area contributed by atoms with Crippen molar-refractivity contribution < 1.29 is 4.79 Å². The van der Waals surface area contributed by atoms with Crippen LogP contribution in [-0.2, 0) is 4.79 Å². The maximum atomic E-state index is 12.2. The third-order valence-corrected chi connectivity index (χ3v) is 4.90. The van der Waals surface area contributed by atoms with Gasteiger partial charge in [0.25, 0.3) is 0 Å². The van der Waals surface area contributed by atoms with E-state index < -0.39 is 11.0 Å². The molecule has 100 valence electrons. The van der Waals surface area contributed by atoms with Gasteiger partial charge in [0.2, 0.25) is 5.91 Å². The summed E-state index contributed by atoms with van der Waals surface area (Å²) in [6.45, 7) is 12.9. The Morgan fingerprint density at radius 3 is 2.06 bits per heavy atom. The van der Waals surface area contributed by atoms with Gasteiger partial charge in [0.15, 0.2) is 0 Å². The van der Waals surface area contributed by atoms with E-state index in [9.17, 15) is 4.79 Å². The Morgan fingerprint density at radius 1 is 1.29 bits per heavy atom. The lowest BCUT2D eigenvalue weighted by Crippen LogP contribution is -2.56. The van der Waals surface area contributed by atoms with E-state index >= 15 is 0 Å². The molecule has 0 saturated heterocycles. The molecule has 1 amide bonds. The van der Waals surface area contributed by atoms with Crippen molar-refractivity contribution >= 4 is 5.91 Å². The Bertz CT molecular complexity index is 296. The monoisotopic (exact) mass is 240 g/mol. The Kier molecular flexibility index (Phi) is 3.64. The molecule has 3 heteroatoms. The molecule has 0 bridgehead atoms. The van der Waals surface area contributed by atoms with Gasteiger partial charge in [0.05, 0.1) is 5.41 Å². The minimum atomic E-state index is -0.542. The molecule has 0 spiro atoms. The lowest BCUT2D eigenvalue weighted by atomic mass is 9.74. The van der Waals surface area contributed by atoms with Crippen LogP contribution in [0.15, 0.2) is 0 Å². The zero-order valence-corrected chi connectivity index (χ0v) is 12.2. The molecule has 1 fully saturated rings. The van der Waals surface area contributed by atoms with Crippen LogP contribution in [0.2, 0.25) is 0 Å². The van der Waals surface area contributed by atoms with Gasteiger partial charge in [0, 0.05) is 12.1 Å². The number of hydrogen-bond acceptors (Lipinski definition) is 2. The fraction of sp³-hybridized carbons (Fsp3) is 0.929. The second-order valence-corrected chi connectivity index (χ2v) is 7.05. The summed E-state index contributed by atoms with van der Waals surface area (Å²) in [5, 5.41) is 3.09. The van der Waals surface area contributed by atoms with Gasteiger partial charge in [-0.15, -0.1) is 0 Å². The Morgan fingerprint density at radius 2 is 1.76 bits per heavy atom. The Labute approximate surface area is 106 Å². The molecule has 3 N–H and O–H groups in total. The number of hydrogen-bond donors (Lipinski definition) is 2. The van der Waals surface area contributed by atoms with E-state index in [1.165, 1.54) is 12.8 Å². The number of carbonyl (C=O) groups is 1. The maximum absolute atomic E-state index is 12.2. The molecule has 1 rings (SSSR count). The van der Waals surface area contributed by atoms with Crippen LogP contribution in [0.4, 0.5) is 0 Å². The van der Waals surface area contributed by atoms with E-state index in [-0.39, 0.29) is 5.91 Å². The molecule has 0 unspecified atom stereocenters. The highest BCUT2D eigenvalue weighted by Crippen LogP contribution is 2.51. The summed E-state index contributed by atoms with van der Waals surface area (Å²) in [5.41, 5.74) is 5.37. The highest BCUT2D eigenvalue weighted by molar-refractivity contribution is 5.83. The predicted molar refractivity (Wildman–Crippen MR) is 71.6 cm³/mol. The van der Waals surface area contributed by atoms with Gasteiger partial charge in [0.1, 0.15) is 0 Å². The normalized spacial score (nSPS) is 19.3. The van der Waals surface area contributed by atoms with E-state index in [4.69, 9.17) is 5.73 Å². The van der Waals surface area contributed by atoms with Crippen molar-refractivity contribution in [1.82, 2.24) is 5.32 Å². The number of amides is 1. The van der Waals surface area contributed by atoms with Gasteiger partial charge >= 0.3 is 0 Å². The quantitative estimate of drug-likeness (QED) is 0.774. The van der Waals surface area contributed by atoms with Gasteiger partial charge in [-0.1, -0.05) is 13.8 Å². The number of carbonyl (C=O) groups excluding carboxylic acids is 1. The molecule has 0 heterocycles. The summed E-state index contributed by atoms with van der Waals surface area (Å²) in [6, 6.07) is 0. The molecule has 0 aromatic rings. The van der Waals surface area contributed by atoms with Gasteiger partial charge in [-0.05, 0) is 51.9 Å². The molecular formula is C14H28N2O. The third-order valence-electron chi connectivity index (χ3n) is 4.90. The highest BCUT2D eigenvalue weighted by Gasteiger charge is 2.47.